The lowest BCUT2D eigenvalue weighted by molar-refractivity contribution is 0.102. The Morgan fingerprint density at radius 2 is 2.09 bits per heavy atom. The van der Waals surface area contributed by atoms with Crippen LogP contribution in [-0.4, -0.2) is 19.6 Å². The first kappa shape index (κ1) is 17.6. The number of carbonyl (C=O) groups is 1. The van der Waals surface area contributed by atoms with E-state index in [0.717, 1.165) is 6.07 Å². The lowest BCUT2D eigenvalue weighted by Crippen LogP contribution is -2.13. The lowest BCUT2D eigenvalue weighted by atomic mass is 10.1. The Bertz CT molecular complexity index is 740. The average Bonchev–Trinajstić information content (AvgIpc) is 2.50. The number of anilines is 1. The molecule has 7 heteroatoms. The van der Waals surface area contributed by atoms with Crippen molar-refractivity contribution in [2.75, 3.05) is 19.0 Å². The number of rotatable bonds is 5. The number of carbonyl (C=O) groups excluding carboxylic acids is 1. The van der Waals surface area contributed by atoms with Gasteiger partial charge in [-0.15, -0.1) is 0 Å². The molecular weight excluding hydrogens is 389 g/mol. The second kappa shape index (κ2) is 7.66. The summed E-state index contributed by atoms with van der Waals surface area (Å²) in [5.74, 6) is 0.0737. The molecule has 4 nitrogen and oxygen atoms in total. The van der Waals surface area contributed by atoms with Crippen molar-refractivity contribution >= 4 is 39.1 Å². The van der Waals surface area contributed by atoms with Gasteiger partial charge in [0.15, 0.2) is 11.5 Å². The van der Waals surface area contributed by atoms with Gasteiger partial charge in [0.25, 0.3) is 5.91 Å². The zero-order chi connectivity index (χ0) is 17.0. The number of amides is 1. The first-order valence-corrected chi connectivity index (χ1v) is 7.90. The molecule has 2 aromatic carbocycles. The molecule has 0 bridgehead atoms. The topological polar surface area (TPSA) is 47.6 Å². The monoisotopic (exact) mass is 401 g/mol. The summed E-state index contributed by atoms with van der Waals surface area (Å²) in [6.07, 6.45) is 0. The van der Waals surface area contributed by atoms with Gasteiger partial charge in [-0.2, -0.15) is 0 Å². The van der Waals surface area contributed by atoms with Gasteiger partial charge < -0.3 is 14.8 Å². The molecule has 1 N–H and O–H groups in total. The van der Waals surface area contributed by atoms with Crippen molar-refractivity contribution in [2.45, 2.75) is 6.92 Å². The van der Waals surface area contributed by atoms with Crippen molar-refractivity contribution in [1.82, 2.24) is 0 Å². The molecular formula is C16H14BrClFNO3. The highest BCUT2D eigenvalue weighted by molar-refractivity contribution is 9.10. The normalized spacial score (nSPS) is 10.3. The third-order valence-corrected chi connectivity index (χ3v) is 3.86. The third-order valence-electron chi connectivity index (χ3n) is 2.96. The van der Waals surface area contributed by atoms with E-state index in [9.17, 15) is 9.18 Å². The number of nitrogens with one attached hydrogen (secondary N) is 1. The summed E-state index contributed by atoms with van der Waals surface area (Å²) in [6.45, 7) is 2.26. The van der Waals surface area contributed by atoms with E-state index in [-0.39, 0.29) is 5.02 Å². The number of halogens is 3. The molecule has 0 aliphatic rings. The first-order valence-electron chi connectivity index (χ1n) is 6.73. The van der Waals surface area contributed by atoms with E-state index >= 15 is 0 Å². The molecule has 0 saturated carbocycles. The van der Waals surface area contributed by atoms with Crippen molar-refractivity contribution in [3.63, 3.8) is 0 Å². The van der Waals surface area contributed by atoms with Crippen LogP contribution in [0, 0.1) is 5.82 Å². The Kier molecular flexibility index (Phi) is 5.85. The molecule has 122 valence electrons. The Labute approximate surface area is 146 Å². The smallest absolute Gasteiger partial charge is 0.255 e. The fourth-order valence-electron chi connectivity index (χ4n) is 1.95. The Morgan fingerprint density at radius 1 is 1.35 bits per heavy atom. The lowest BCUT2D eigenvalue weighted by Gasteiger charge is -2.13. The Morgan fingerprint density at radius 3 is 2.70 bits per heavy atom. The molecule has 0 unspecified atom stereocenters. The quantitative estimate of drug-likeness (QED) is 0.774. The molecule has 0 spiro atoms. The largest absolute Gasteiger partial charge is 0.492 e. The molecule has 0 saturated heterocycles. The van der Waals surface area contributed by atoms with Gasteiger partial charge in [-0.3, -0.25) is 4.79 Å². The van der Waals surface area contributed by atoms with Gasteiger partial charge >= 0.3 is 0 Å². The van der Waals surface area contributed by atoms with Gasteiger partial charge in [-0.05, 0) is 53.2 Å². The van der Waals surface area contributed by atoms with Crippen LogP contribution in [-0.2, 0) is 0 Å². The summed E-state index contributed by atoms with van der Waals surface area (Å²) >= 11 is 9.26. The van der Waals surface area contributed by atoms with Crippen LogP contribution in [0.2, 0.25) is 5.02 Å². The van der Waals surface area contributed by atoms with Crippen LogP contribution in [0.15, 0.2) is 34.8 Å². The Balaban J connectivity index is 2.32. The van der Waals surface area contributed by atoms with E-state index in [1.54, 1.807) is 12.1 Å². The molecule has 23 heavy (non-hydrogen) atoms. The minimum absolute atomic E-state index is 0.121. The second-order valence-corrected chi connectivity index (χ2v) is 5.76. The average molecular weight is 403 g/mol. The predicted octanol–water partition coefficient (Wildman–Crippen LogP) is 4.90. The maximum absolute atomic E-state index is 13.0. The van der Waals surface area contributed by atoms with Gasteiger partial charge in [0.05, 0.1) is 28.9 Å². The predicted molar refractivity (Wildman–Crippen MR) is 91.2 cm³/mol. The maximum Gasteiger partial charge on any atom is 0.255 e. The molecule has 0 fully saturated rings. The van der Waals surface area contributed by atoms with Crippen LogP contribution < -0.4 is 14.8 Å². The number of benzene rings is 2. The summed E-state index contributed by atoms with van der Waals surface area (Å²) in [6, 6.07) is 6.93. The van der Waals surface area contributed by atoms with Gasteiger partial charge in [-0.25, -0.2) is 4.39 Å². The number of hydrogen-bond acceptors (Lipinski definition) is 3. The minimum Gasteiger partial charge on any atom is -0.492 e. The SMILES string of the molecule is CCOc1cc(C(=O)Nc2ccc(F)cc2Cl)cc(Br)c1OC. The highest BCUT2D eigenvalue weighted by atomic mass is 79.9. The molecule has 0 aromatic heterocycles. The van der Waals surface area contributed by atoms with E-state index in [0.29, 0.717) is 33.8 Å². The van der Waals surface area contributed by atoms with Crippen molar-refractivity contribution in [1.29, 1.82) is 0 Å². The zero-order valence-corrected chi connectivity index (χ0v) is 14.8. The van der Waals surface area contributed by atoms with Crippen molar-refractivity contribution in [3.8, 4) is 11.5 Å². The minimum atomic E-state index is -0.473. The summed E-state index contributed by atoms with van der Waals surface area (Å²) in [4.78, 5) is 12.4. The van der Waals surface area contributed by atoms with E-state index < -0.39 is 11.7 Å². The molecule has 0 heterocycles. The molecule has 2 rings (SSSR count). The van der Waals surface area contributed by atoms with E-state index in [1.165, 1.54) is 19.2 Å². The van der Waals surface area contributed by atoms with Crippen LogP contribution in [0.1, 0.15) is 17.3 Å². The third kappa shape index (κ3) is 4.14. The van der Waals surface area contributed by atoms with Crippen molar-refractivity contribution < 1.29 is 18.7 Å². The van der Waals surface area contributed by atoms with Crippen LogP contribution in [0.4, 0.5) is 10.1 Å². The van der Waals surface area contributed by atoms with Crippen molar-refractivity contribution in [2.24, 2.45) is 0 Å². The first-order chi connectivity index (χ1) is 11.0. The molecule has 2 aromatic rings. The Hall–Kier alpha value is -1.79. The molecule has 1 amide bonds. The summed E-state index contributed by atoms with van der Waals surface area (Å²) in [5.41, 5.74) is 0.671. The van der Waals surface area contributed by atoms with Crippen LogP contribution >= 0.6 is 27.5 Å². The van der Waals surface area contributed by atoms with Gasteiger partial charge in [-0.1, -0.05) is 11.6 Å². The summed E-state index contributed by atoms with van der Waals surface area (Å²) in [7, 11) is 1.51. The van der Waals surface area contributed by atoms with Gasteiger partial charge in [0.1, 0.15) is 5.82 Å². The van der Waals surface area contributed by atoms with Crippen LogP contribution in [0.5, 0.6) is 11.5 Å². The second-order valence-electron chi connectivity index (χ2n) is 4.50. The highest BCUT2D eigenvalue weighted by Crippen LogP contribution is 2.37. The van der Waals surface area contributed by atoms with Crippen LogP contribution in [0.3, 0.4) is 0 Å². The number of methoxy groups -OCH3 is 1. The van der Waals surface area contributed by atoms with Gasteiger partial charge in [0.2, 0.25) is 0 Å². The summed E-state index contributed by atoms with van der Waals surface area (Å²) < 4.78 is 24.4. The number of ether oxygens (including phenoxy) is 2. The molecule has 0 aliphatic heterocycles. The van der Waals surface area contributed by atoms with E-state index in [4.69, 9.17) is 21.1 Å². The molecule has 0 aliphatic carbocycles. The summed E-state index contributed by atoms with van der Waals surface area (Å²) in [5, 5.41) is 2.75. The van der Waals surface area contributed by atoms with E-state index in [2.05, 4.69) is 21.2 Å². The molecule has 0 radical (unpaired) electrons. The number of hydrogen-bond donors (Lipinski definition) is 1. The van der Waals surface area contributed by atoms with Crippen LogP contribution in [0.25, 0.3) is 0 Å². The van der Waals surface area contributed by atoms with E-state index in [1.807, 2.05) is 6.92 Å². The standard InChI is InChI=1S/C16H14BrClFNO3/c1-3-23-14-7-9(6-11(17)15(14)22-2)16(21)20-13-5-4-10(19)8-12(13)18/h4-8H,3H2,1-2H3,(H,20,21). The highest BCUT2D eigenvalue weighted by Gasteiger charge is 2.16. The fraction of sp³-hybridized carbons (Fsp3) is 0.188. The van der Waals surface area contributed by atoms with Gasteiger partial charge in [0, 0.05) is 5.56 Å². The van der Waals surface area contributed by atoms with Crippen molar-refractivity contribution in [3.05, 3.63) is 51.2 Å². The fourth-order valence-corrected chi connectivity index (χ4v) is 2.76. The molecule has 0 atom stereocenters. The maximum atomic E-state index is 13.0. The zero-order valence-electron chi connectivity index (χ0n) is 12.5.